The maximum absolute atomic E-state index is 13.5. The van der Waals surface area contributed by atoms with Crippen molar-refractivity contribution >= 4 is 40.3 Å². The lowest BCUT2D eigenvalue weighted by Gasteiger charge is -2.22. The molecule has 0 aliphatic carbocycles. The number of thiocarbonyl (C=S) groups is 1. The van der Waals surface area contributed by atoms with Gasteiger partial charge in [0.05, 0.1) is 4.92 Å². The fourth-order valence-corrected chi connectivity index (χ4v) is 3.97. The summed E-state index contributed by atoms with van der Waals surface area (Å²) >= 11 is 5.43. The van der Waals surface area contributed by atoms with Crippen molar-refractivity contribution in [1.82, 2.24) is 5.32 Å². The van der Waals surface area contributed by atoms with Crippen molar-refractivity contribution in [3.8, 4) is 11.1 Å². The normalized spacial score (nSPS) is 11.2. The minimum Gasteiger partial charge on any atom is -0.347 e. The maximum Gasteiger partial charge on any atom is 0.292 e. The van der Waals surface area contributed by atoms with Gasteiger partial charge in [-0.05, 0) is 53.5 Å². The molecular weight excluding hydrogens is 472 g/mol. The summed E-state index contributed by atoms with van der Waals surface area (Å²) in [4.78, 5) is 24.4. The second-order valence-electron chi connectivity index (χ2n) is 8.10. The summed E-state index contributed by atoms with van der Waals surface area (Å²) in [6, 6.07) is 30.3. The van der Waals surface area contributed by atoms with Crippen LogP contribution in [0, 0.1) is 17.0 Å². The monoisotopic (exact) mass is 496 g/mol. The molecular formula is C28H24N4O3S. The van der Waals surface area contributed by atoms with Gasteiger partial charge in [0.25, 0.3) is 11.6 Å². The maximum atomic E-state index is 13.5. The third-order valence-electron chi connectivity index (χ3n) is 5.62. The minimum atomic E-state index is -0.839. The largest absolute Gasteiger partial charge is 0.347 e. The highest BCUT2D eigenvalue weighted by atomic mass is 32.1. The first-order valence-electron chi connectivity index (χ1n) is 11.2. The van der Waals surface area contributed by atoms with Crippen LogP contribution in [0.2, 0.25) is 0 Å². The molecule has 4 aromatic rings. The van der Waals surface area contributed by atoms with Gasteiger partial charge in [-0.3, -0.25) is 14.9 Å². The number of hydrogen-bond donors (Lipinski definition) is 3. The van der Waals surface area contributed by atoms with Crippen molar-refractivity contribution in [3.63, 3.8) is 0 Å². The molecule has 3 N–H and O–H groups in total. The average Bonchev–Trinajstić information content (AvgIpc) is 2.89. The van der Waals surface area contributed by atoms with Crippen molar-refractivity contribution < 1.29 is 9.72 Å². The van der Waals surface area contributed by atoms with E-state index in [1.165, 1.54) is 6.07 Å². The highest BCUT2D eigenvalue weighted by molar-refractivity contribution is 7.80. The third kappa shape index (κ3) is 5.92. The number of benzene rings is 4. The number of nitrogens with zero attached hydrogens (tertiary/aromatic N) is 1. The molecule has 180 valence electrons. The Morgan fingerprint density at radius 1 is 0.806 bits per heavy atom. The summed E-state index contributed by atoms with van der Waals surface area (Å²) in [5.41, 5.74) is 4.43. The Morgan fingerprint density at radius 3 is 2.14 bits per heavy atom. The molecule has 4 rings (SSSR count). The second kappa shape index (κ2) is 11.2. The van der Waals surface area contributed by atoms with Gasteiger partial charge in [0, 0.05) is 11.8 Å². The molecule has 36 heavy (non-hydrogen) atoms. The summed E-state index contributed by atoms with van der Waals surface area (Å²) < 4.78 is 0. The lowest BCUT2D eigenvalue weighted by Crippen LogP contribution is -2.39. The zero-order valence-corrected chi connectivity index (χ0v) is 20.3. The number of aryl methyl sites for hydroxylation is 1. The number of hydrogen-bond acceptors (Lipinski definition) is 4. The zero-order valence-electron chi connectivity index (χ0n) is 19.5. The Bertz CT molecular complexity index is 1390. The van der Waals surface area contributed by atoms with Crippen molar-refractivity contribution in [3.05, 3.63) is 124 Å². The lowest BCUT2D eigenvalue weighted by atomic mass is 10.0. The van der Waals surface area contributed by atoms with Crippen LogP contribution in [0.15, 0.2) is 103 Å². The van der Waals surface area contributed by atoms with Crippen LogP contribution in [-0.2, 0) is 4.79 Å². The van der Waals surface area contributed by atoms with E-state index in [-0.39, 0.29) is 22.4 Å². The molecule has 1 atom stereocenters. The fraction of sp³-hybridized carbons (Fsp3) is 0.0714. The molecule has 8 heteroatoms. The Labute approximate surface area is 214 Å². The van der Waals surface area contributed by atoms with Crippen molar-refractivity contribution in [2.45, 2.75) is 13.0 Å². The quantitative estimate of drug-likeness (QED) is 0.159. The first kappa shape index (κ1) is 24.6. The number of para-hydroxylation sites is 2. The summed E-state index contributed by atoms with van der Waals surface area (Å²) in [7, 11) is 0. The van der Waals surface area contributed by atoms with Gasteiger partial charge >= 0.3 is 0 Å². The van der Waals surface area contributed by atoms with E-state index in [1.807, 2.05) is 85.8 Å². The van der Waals surface area contributed by atoms with Crippen LogP contribution in [0.1, 0.15) is 17.2 Å². The summed E-state index contributed by atoms with van der Waals surface area (Å²) in [5.74, 6) is -0.318. The Kier molecular flexibility index (Phi) is 7.67. The predicted octanol–water partition coefficient (Wildman–Crippen LogP) is 6.24. The molecule has 0 aliphatic heterocycles. The Morgan fingerprint density at radius 2 is 1.44 bits per heavy atom. The van der Waals surface area contributed by atoms with Gasteiger partial charge in [0.1, 0.15) is 11.7 Å². The molecule has 0 fully saturated rings. The van der Waals surface area contributed by atoms with E-state index in [2.05, 4.69) is 16.0 Å². The standard InChI is InChI=1S/C28H24N4O3S/c1-19-16-17-22(20-10-4-2-5-11-20)18-24(19)29-27(33)26(21-12-6-3-7-13-21)31-28(36)30-23-14-8-9-15-25(23)32(34)35/h2-18,26H,1H3,(H,29,33)(H2,30,31,36). The minimum absolute atomic E-state index is 0.0862. The molecule has 1 unspecified atom stereocenters. The van der Waals surface area contributed by atoms with Crippen LogP contribution in [0.5, 0.6) is 0 Å². The highest BCUT2D eigenvalue weighted by Crippen LogP contribution is 2.27. The van der Waals surface area contributed by atoms with E-state index < -0.39 is 11.0 Å². The number of nitro groups is 1. The number of carbonyl (C=O) groups is 1. The molecule has 1 amide bonds. The van der Waals surface area contributed by atoms with Crippen LogP contribution >= 0.6 is 12.2 Å². The van der Waals surface area contributed by atoms with Gasteiger partial charge < -0.3 is 16.0 Å². The van der Waals surface area contributed by atoms with Crippen LogP contribution in [-0.4, -0.2) is 15.9 Å². The molecule has 0 saturated heterocycles. The number of nitro benzene ring substituents is 1. The van der Waals surface area contributed by atoms with Crippen molar-refractivity contribution in [1.29, 1.82) is 0 Å². The SMILES string of the molecule is Cc1ccc(-c2ccccc2)cc1NC(=O)C(NC(=S)Nc1ccccc1[N+](=O)[O-])c1ccccc1. The molecule has 0 bridgehead atoms. The van der Waals surface area contributed by atoms with Gasteiger partial charge in [0.2, 0.25) is 0 Å². The fourth-order valence-electron chi connectivity index (χ4n) is 3.75. The molecule has 7 nitrogen and oxygen atoms in total. The summed E-state index contributed by atoms with van der Waals surface area (Å²) in [6.45, 7) is 1.93. The smallest absolute Gasteiger partial charge is 0.292 e. The third-order valence-corrected chi connectivity index (χ3v) is 5.84. The summed E-state index contributed by atoms with van der Waals surface area (Å²) in [5, 5.41) is 20.3. The van der Waals surface area contributed by atoms with E-state index in [9.17, 15) is 14.9 Å². The Hall–Kier alpha value is -4.56. The van der Waals surface area contributed by atoms with Crippen LogP contribution < -0.4 is 16.0 Å². The number of anilines is 2. The first-order valence-corrected chi connectivity index (χ1v) is 11.7. The molecule has 4 aromatic carbocycles. The van der Waals surface area contributed by atoms with Crippen LogP contribution in [0.3, 0.4) is 0 Å². The first-order chi connectivity index (χ1) is 17.4. The molecule has 0 radical (unpaired) electrons. The second-order valence-corrected chi connectivity index (χ2v) is 8.51. The number of rotatable bonds is 7. The van der Waals surface area contributed by atoms with Gasteiger partial charge in [-0.2, -0.15) is 0 Å². The molecule has 0 spiro atoms. The van der Waals surface area contributed by atoms with Crippen LogP contribution in [0.4, 0.5) is 17.1 Å². The van der Waals surface area contributed by atoms with E-state index >= 15 is 0 Å². The predicted molar refractivity (Wildman–Crippen MR) is 147 cm³/mol. The van der Waals surface area contributed by atoms with Crippen LogP contribution in [0.25, 0.3) is 11.1 Å². The van der Waals surface area contributed by atoms with Crippen molar-refractivity contribution in [2.24, 2.45) is 0 Å². The van der Waals surface area contributed by atoms with Gasteiger partial charge in [-0.25, -0.2) is 0 Å². The van der Waals surface area contributed by atoms with Gasteiger partial charge in [-0.1, -0.05) is 84.9 Å². The molecule has 0 aromatic heterocycles. The van der Waals surface area contributed by atoms with Crippen molar-refractivity contribution in [2.75, 3.05) is 10.6 Å². The van der Waals surface area contributed by atoms with Gasteiger partial charge in [-0.15, -0.1) is 0 Å². The molecule has 0 saturated carbocycles. The number of carbonyl (C=O) groups excluding carboxylic acids is 1. The highest BCUT2D eigenvalue weighted by Gasteiger charge is 2.23. The van der Waals surface area contributed by atoms with E-state index in [1.54, 1.807) is 18.2 Å². The van der Waals surface area contributed by atoms with E-state index in [0.29, 0.717) is 11.3 Å². The van der Waals surface area contributed by atoms with E-state index in [0.717, 1.165) is 16.7 Å². The number of amides is 1. The van der Waals surface area contributed by atoms with E-state index in [4.69, 9.17) is 12.2 Å². The topological polar surface area (TPSA) is 96.3 Å². The molecule has 0 aliphatic rings. The molecule has 0 heterocycles. The average molecular weight is 497 g/mol. The zero-order chi connectivity index (χ0) is 25.5. The lowest BCUT2D eigenvalue weighted by molar-refractivity contribution is -0.383. The summed E-state index contributed by atoms with van der Waals surface area (Å²) in [6.07, 6.45) is 0. The Balaban J connectivity index is 1.58. The number of nitrogens with one attached hydrogen (secondary N) is 3. The van der Waals surface area contributed by atoms with Gasteiger partial charge in [0.15, 0.2) is 5.11 Å².